The highest BCUT2D eigenvalue weighted by Gasteiger charge is 2.31. The fraction of sp³-hybridized carbons (Fsp3) is 0.562. The molecule has 0 aliphatic carbocycles. The van der Waals surface area contributed by atoms with Gasteiger partial charge in [-0.15, -0.1) is 0 Å². The lowest BCUT2D eigenvalue weighted by Crippen LogP contribution is -2.58. The number of thioether (sulfide) groups is 1. The molecule has 5 amide bonds. The van der Waals surface area contributed by atoms with E-state index in [9.17, 15) is 38.7 Å². The minimum Gasteiger partial charge on any atom is -0.480 e. The number of rotatable bonds is 25. The van der Waals surface area contributed by atoms with Gasteiger partial charge in [-0.05, 0) is 62.6 Å². The number of nitrogens with one attached hydrogen (secondary N) is 6. The van der Waals surface area contributed by atoms with Crippen molar-refractivity contribution in [2.45, 2.75) is 77.0 Å². The molecule has 0 heterocycles. The van der Waals surface area contributed by atoms with Crippen LogP contribution in [0.3, 0.4) is 0 Å². The van der Waals surface area contributed by atoms with E-state index in [1.54, 1.807) is 30.3 Å². The van der Waals surface area contributed by atoms with Gasteiger partial charge in [-0.2, -0.15) is 11.8 Å². The number of amides is 5. The summed E-state index contributed by atoms with van der Waals surface area (Å²) in [4.78, 5) is 86.8. The molecule has 0 aliphatic rings. The largest absolute Gasteiger partial charge is 0.480 e. The van der Waals surface area contributed by atoms with Crippen LogP contribution in [0.1, 0.15) is 52.0 Å². The Morgan fingerprint density at radius 3 is 2.06 bits per heavy atom. The van der Waals surface area contributed by atoms with Crippen molar-refractivity contribution < 1.29 is 38.7 Å². The third-order valence-electron chi connectivity index (χ3n) is 7.04. The van der Waals surface area contributed by atoms with Crippen molar-refractivity contribution in [3.05, 3.63) is 35.9 Å². The third kappa shape index (κ3) is 17.3. The Labute approximate surface area is 291 Å². The van der Waals surface area contributed by atoms with Crippen LogP contribution < -0.4 is 31.9 Å². The van der Waals surface area contributed by atoms with E-state index in [2.05, 4.69) is 31.9 Å². The molecule has 1 rings (SSSR count). The molecule has 7 N–H and O–H groups in total. The third-order valence-corrected chi connectivity index (χ3v) is 7.91. The number of thiocarbonyl (C=S) groups is 1. The highest BCUT2D eigenvalue weighted by molar-refractivity contribution is 7.98. The van der Waals surface area contributed by atoms with Gasteiger partial charge in [0, 0.05) is 6.42 Å². The first-order valence-corrected chi connectivity index (χ1v) is 17.5. The van der Waals surface area contributed by atoms with Gasteiger partial charge in [-0.25, -0.2) is 4.79 Å². The second kappa shape index (κ2) is 23.4. The summed E-state index contributed by atoms with van der Waals surface area (Å²) in [7, 11) is 0. The van der Waals surface area contributed by atoms with E-state index in [1.807, 2.05) is 20.1 Å². The summed E-state index contributed by atoms with van der Waals surface area (Å²) >= 11 is 6.27. The van der Waals surface area contributed by atoms with Crippen molar-refractivity contribution in [1.82, 2.24) is 31.9 Å². The molecule has 1 aromatic carbocycles. The molecular formula is C32H48N6O8S2. The van der Waals surface area contributed by atoms with Crippen LogP contribution in [0.2, 0.25) is 0 Å². The van der Waals surface area contributed by atoms with Crippen molar-refractivity contribution in [2.75, 3.05) is 31.6 Å². The van der Waals surface area contributed by atoms with Gasteiger partial charge in [-0.3, -0.25) is 28.8 Å². The van der Waals surface area contributed by atoms with E-state index in [4.69, 9.17) is 12.2 Å². The molecule has 0 aromatic heterocycles. The van der Waals surface area contributed by atoms with Gasteiger partial charge in [0.05, 0.1) is 18.0 Å². The lowest BCUT2D eigenvalue weighted by atomic mass is 10.00. The van der Waals surface area contributed by atoms with Crippen LogP contribution in [0.5, 0.6) is 0 Å². The van der Waals surface area contributed by atoms with Gasteiger partial charge in [0.2, 0.25) is 30.0 Å². The normalized spacial score (nSPS) is 13.3. The van der Waals surface area contributed by atoms with Crippen LogP contribution in [0.25, 0.3) is 0 Å². The Morgan fingerprint density at radius 2 is 1.48 bits per heavy atom. The number of aliphatic carboxylic acids is 1. The molecule has 0 spiro atoms. The van der Waals surface area contributed by atoms with Crippen molar-refractivity contribution in [3.63, 3.8) is 0 Å². The van der Waals surface area contributed by atoms with Gasteiger partial charge in [-0.1, -0.05) is 56.4 Å². The molecule has 48 heavy (non-hydrogen) atoms. The quantitative estimate of drug-likeness (QED) is 0.0412. The summed E-state index contributed by atoms with van der Waals surface area (Å²) in [6, 6.07) is 4.55. The standard InChI is InChI=1S/C32H48N6O8S2/c1-20(2)15-25(37-29(42)23(35-19-39)12-14-48-4)30(43)38-26(16-22-9-6-5-7-10-22)31(44)36-24(32(45)46)11-8-13-33-18-28(41)34-17-27(40)21(3)47/h5-7,9-10,19-20,23-26,33H,8,11-18H2,1-4H3,(H,34,41)(H,35,39)(H,36,44)(H,37,42)(H,38,43)(H,45,46)/t23-,24-,25-,26-/m0/s1. The zero-order chi connectivity index (χ0) is 36.1. The molecule has 0 bridgehead atoms. The summed E-state index contributed by atoms with van der Waals surface area (Å²) < 4.78 is 0. The molecule has 0 radical (unpaired) electrons. The Kier molecular flexibility index (Phi) is 20.6. The number of hydrogen-bond donors (Lipinski definition) is 7. The average Bonchev–Trinajstić information content (AvgIpc) is 3.03. The lowest BCUT2D eigenvalue weighted by Gasteiger charge is -2.26. The molecule has 0 aliphatic heterocycles. The predicted octanol–water partition coefficient (Wildman–Crippen LogP) is 0.127. The molecule has 0 fully saturated rings. The van der Waals surface area contributed by atoms with E-state index >= 15 is 0 Å². The number of carboxylic acid groups (broad SMARTS) is 1. The first-order chi connectivity index (χ1) is 22.8. The Balaban J connectivity index is 2.96. The fourth-order valence-corrected chi connectivity index (χ4v) is 4.99. The van der Waals surface area contributed by atoms with Gasteiger partial charge >= 0.3 is 5.97 Å². The number of Topliss-reactive ketones (excluding diaryl/α,β-unsaturated/α-hetero) is 1. The molecule has 266 valence electrons. The van der Waals surface area contributed by atoms with Crippen LogP contribution >= 0.6 is 24.0 Å². The van der Waals surface area contributed by atoms with Crippen molar-refractivity contribution in [3.8, 4) is 0 Å². The predicted molar refractivity (Wildman–Crippen MR) is 187 cm³/mol. The highest BCUT2D eigenvalue weighted by Crippen LogP contribution is 2.10. The van der Waals surface area contributed by atoms with E-state index in [1.165, 1.54) is 18.7 Å². The van der Waals surface area contributed by atoms with Crippen LogP contribution in [-0.4, -0.2) is 108 Å². The number of carboxylic acids is 1. The molecule has 0 unspecified atom stereocenters. The fourth-order valence-electron chi connectivity index (χ4n) is 4.44. The summed E-state index contributed by atoms with van der Waals surface area (Å²) in [5.41, 5.74) is 0.714. The Hall–Kier alpha value is -3.89. The van der Waals surface area contributed by atoms with Crippen molar-refractivity contribution in [1.29, 1.82) is 0 Å². The van der Waals surface area contributed by atoms with Crippen LogP contribution in [0.15, 0.2) is 30.3 Å². The Morgan fingerprint density at radius 1 is 0.875 bits per heavy atom. The molecule has 1 aromatic rings. The maximum atomic E-state index is 13.6. The molecular weight excluding hydrogens is 661 g/mol. The van der Waals surface area contributed by atoms with Gasteiger partial charge in [0.1, 0.15) is 24.2 Å². The van der Waals surface area contributed by atoms with Crippen LogP contribution in [-0.2, 0) is 40.0 Å². The van der Waals surface area contributed by atoms with Crippen LogP contribution in [0.4, 0.5) is 0 Å². The molecule has 0 saturated heterocycles. The number of carbonyl (C=O) groups is 7. The van der Waals surface area contributed by atoms with Crippen molar-refractivity contribution >= 4 is 70.6 Å². The monoisotopic (exact) mass is 708 g/mol. The zero-order valence-electron chi connectivity index (χ0n) is 27.8. The van der Waals surface area contributed by atoms with Crippen molar-refractivity contribution in [2.24, 2.45) is 5.92 Å². The second-order valence-corrected chi connectivity index (χ2v) is 13.1. The topological polar surface area (TPSA) is 212 Å². The molecule has 14 nitrogen and oxygen atoms in total. The zero-order valence-corrected chi connectivity index (χ0v) is 29.5. The number of benzene rings is 1. The van der Waals surface area contributed by atoms with Gasteiger partial charge < -0.3 is 37.0 Å². The minimum atomic E-state index is -1.29. The maximum Gasteiger partial charge on any atom is 0.326 e. The lowest BCUT2D eigenvalue weighted by molar-refractivity contribution is -0.142. The van der Waals surface area contributed by atoms with Gasteiger partial charge in [0.25, 0.3) is 0 Å². The van der Waals surface area contributed by atoms with Crippen LogP contribution in [0, 0.1) is 5.92 Å². The number of carbonyl (C=O) groups excluding carboxylic acids is 6. The first kappa shape index (κ1) is 42.1. The summed E-state index contributed by atoms with van der Waals surface area (Å²) in [6.45, 7) is 5.17. The smallest absolute Gasteiger partial charge is 0.326 e. The van der Waals surface area contributed by atoms with Gasteiger partial charge in [0.15, 0.2) is 5.78 Å². The molecule has 0 saturated carbocycles. The average molecular weight is 709 g/mol. The first-order valence-electron chi connectivity index (χ1n) is 15.7. The van der Waals surface area contributed by atoms with E-state index < -0.39 is 53.8 Å². The number of ketones is 1. The SMILES string of the molecule is CSCC[C@H](NC=O)C(=O)N[C@@H](CC(C)C)C(=O)N[C@@H](Cc1ccccc1)C(=O)N[C@@H](CCCNCC(=O)NCC(=O)C(C)=S)C(=O)O. The highest BCUT2D eigenvalue weighted by atomic mass is 32.2. The maximum absolute atomic E-state index is 13.6. The summed E-state index contributed by atoms with van der Waals surface area (Å²) in [6.07, 6.45) is 3.27. The molecule has 16 heteroatoms. The van der Waals surface area contributed by atoms with E-state index in [0.29, 0.717) is 24.1 Å². The number of hydrogen-bond acceptors (Lipinski definition) is 10. The Bertz CT molecular complexity index is 1250. The molecule has 4 atom stereocenters. The van der Waals surface area contributed by atoms with E-state index in [0.717, 1.165) is 0 Å². The second-order valence-electron chi connectivity index (χ2n) is 11.5. The summed E-state index contributed by atoms with van der Waals surface area (Å²) in [5.74, 6) is -3.35. The minimum absolute atomic E-state index is 0.0146. The van der Waals surface area contributed by atoms with E-state index in [-0.39, 0.29) is 61.9 Å². The summed E-state index contributed by atoms with van der Waals surface area (Å²) in [5, 5.41) is 25.5.